The molecule has 0 spiro atoms. The zero-order chi connectivity index (χ0) is 18.7. The Morgan fingerprint density at radius 3 is 2.65 bits per heavy atom. The molecule has 1 aliphatic heterocycles. The van der Waals surface area contributed by atoms with Crippen molar-refractivity contribution < 1.29 is 21.8 Å². The molecule has 0 radical (unpaired) electrons. The number of ether oxygens (including phenoxy) is 1. The van der Waals surface area contributed by atoms with Gasteiger partial charge in [0.1, 0.15) is 18.2 Å². The number of nitrogens with zero attached hydrogens (tertiary/aromatic N) is 3. The van der Waals surface area contributed by atoms with Crippen molar-refractivity contribution in [2.45, 2.75) is 38.8 Å². The van der Waals surface area contributed by atoms with Gasteiger partial charge in [0.15, 0.2) is 0 Å². The molecular weight excluding hydrogens is 361 g/mol. The van der Waals surface area contributed by atoms with Crippen LogP contribution < -0.4 is 0 Å². The number of fused-ring (bicyclic) bond motifs is 1. The molecule has 1 aliphatic rings. The van der Waals surface area contributed by atoms with Crippen molar-refractivity contribution in [3.05, 3.63) is 53.1 Å². The summed E-state index contributed by atoms with van der Waals surface area (Å²) in [7, 11) is -4.65. The lowest BCUT2D eigenvalue weighted by Crippen LogP contribution is -2.39. The highest BCUT2D eigenvalue weighted by atomic mass is 32.3. The van der Waals surface area contributed by atoms with E-state index in [1.165, 1.54) is 4.90 Å². The lowest BCUT2D eigenvalue weighted by molar-refractivity contribution is 0.0860. The fourth-order valence-corrected chi connectivity index (χ4v) is 3.67. The second-order valence-corrected chi connectivity index (χ2v) is 7.44. The van der Waals surface area contributed by atoms with Crippen LogP contribution in [0.1, 0.15) is 29.7 Å². The summed E-state index contributed by atoms with van der Waals surface area (Å²) in [4.78, 5) is 18.2. The molecule has 0 aliphatic carbocycles. The summed E-state index contributed by atoms with van der Waals surface area (Å²) < 4.78 is 42.3. The largest absolute Gasteiger partial charge is 0.445 e. The number of aromatic nitrogens is 2. The van der Waals surface area contributed by atoms with Gasteiger partial charge >= 0.3 is 16.3 Å². The van der Waals surface area contributed by atoms with Gasteiger partial charge < -0.3 is 9.30 Å². The minimum atomic E-state index is -4.65. The van der Waals surface area contributed by atoms with Gasteiger partial charge in [-0.05, 0) is 12.0 Å². The fourth-order valence-electron chi connectivity index (χ4n) is 3.02. The van der Waals surface area contributed by atoms with Gasteiger partial charge in [-0.1, -0.05) is 37.3 Å². The average molecular weight is 381 g/mol. The van der Waals surface area contributed by atoms with Crippen LogP contribution in [0.15, 0.2) is 30.3 Å². The third-order valence-electron chi connectivity index (χ3n) is 4.27. The van der Waals surface area contributed by atoms with Crippen molar-refractivity contribution in [3.8, 4) is 0 Å². The predicted octanol–water partition coefficient (Wildman–Crippen LogP) is 2.40. The van der Waals surface area contributed by atoms with Crippen molar-refractivity contribution in [1.82, 2.24) is 14.5 Å². The maximum Gasteiger partial charge on any atom is 0.410 e. The molecule has 1 aromatic heterocycles. The second-order valence-electron chi connectivity index (χ2n) is 6.07. The minimum absolute atomic E-state index is 0.177. The van der Waals surface area contributed by atoms with Gasteiger partial charge in [-0.25, -0.2) is 9.78 Å². The molecule has 2 heterocycles. The summed E-state index contributed by atoms with van der Waals surface area (Å²) >= 11 is 0. The van der Waals surface area contributed by atoms with Crippen LogP contribution in [0, 0.1) is 0 Å². The first-order valence-electron chi connectivity index (χ1n) is 8.32. The summed E-state index contributed by atoms with van der Waals surface area (Å²) in [6, 6.07) is 9.36. The molecular formula is C17H20FN3O4S. The maximum atomic E-state index is 13.2. The zero-order valence-corrected chi connectivity index (χ0v) is 15.2. The Bertz CT molecular complexity index is 896. The molecule has 140 valence electrons. The van der Waals surface area contributed by atoms with Crippen LogP contribution in [0.5, 0.6) is 0 Å². The van der Waals surface area contributed by atoms with Crippen molar-refractivity contribution in [1.29, 1.82) is 0 Å². The van der Waals surface area contributed by atoms with E-state index in [0.29, 0.717) is 36.7 Å². The molecule has 1 amide bonds. The Morgan fingerprint density at radius 1 is 1.27 bits per heavy atom. The number of rotatable bonds is 5. The van der Waals surface area contributed by atoms with Crippen LogP contribution in [-0.2, 0) is 46.8 Å². The third kappa shape index (κ3) is 4.21. The SMILES string of the molecule is CCc1nc2n(c1CS(=O)(=O)F)CCN(C(=O)OCc1ccccc1)C2. The number of halogens is 1. The zero-order valence-electron chi connectivity index (χ0n) is 14.4. The highest BCUT2D eigenvalue weighted by Gasteiger charge is 2.28. The van der Waals surface area contributed by atoms with Gasteiger partial charge in [0.2, 0.25) is 0 Å². The molecule has 2 aromatic rings. The smallest absolute Gasteiger partial charge is 0.410 e. The van der Waals surface area contributed by atoms with Gasteiger partial charge in [0.05, 0.1) is 17.9 Å². The van der Waals surface area contributed by atoms with Gasteiger partial charge in [0.25, 0.3) is 0 Å². The number of aryl methyl sites for hydroxylation is 1. The van der Waals surface area contributed by atoms with Crippen molar-refractivity contribution in [2.75, 3.05) is 6.54 Å². The van der Waals surface area contributed by atoms with E-state index in [1.807, 2.05) is 37.3 Å². The van der Waals surface area contributed by atoms with Gasteiger partial charge in [-0.3, -0.25) is 4.90 Å². The molecule has 3 rings (SSSR count). The van der Waals surface area contributed by atoms with Gasteiger partial charge in [-0.15, -0.1) is 3.89 Å². The predicted molar refractivity (Wildman–Crippen MR) is 92.4 cm³/mol. The normalized spacial score (nSPS) is 14.2. The van der Waals surface area contributed by atoms with Crippen LogP contribution in [0.2, 0.25) is 0 Å². The Kier molecular flexibility index (Phi) is 5.26. The number of amides is 1. The topological polar surface area (TPSA) is 81.5 Å². The number of carbonyl (C=O) groups excluding carboxylic acids is 1. The maximum absolute atomic E-state index is 13.2. The lowest BCUT2D eigenvalue weighted by Gasteiger charge is -2.27. The molecule has 7 nitrogen and oxygen atoms in total. The van der Waals surface area contributed by atoms with Gasteiger partial charge in [-0.2, -0.15) is 8.42 Å². The standard InChI is InChI=1S/C17H20FN3O4S/c1-2-14-15(12-26(18,23)24)21-9-8-20(10-16(21)19-14)17(22)25-11-13-6-4-3-5-7-13/h3-7H,2,8-12H2,1H3. The minimum Gasteiger partial charge on any atom is -0.445 e. The Morgan fingerprint density at radius 2 is 2.00 bits per heavy atom. The van der Waals surface area contributed by atoms with Crippen LogP contribution in [0.4, 0.5) is 8.68 Å². The molecule has 26 heavy (non-hydrogen) atoms. The first kappa shape index (κ1) is 18.4. The summed E-state index contributed by atoms with van der Waals surface area (Å²) in [5.41, 5.74) is 1.80. The van der Waals surface area contributed by atoms with Crippen molar-refractivity contribution in [3.63, 3.8) is 0 Å². The van der Waals surface area contributed by atoms with E-state index in [2.05, 4.69) is 4.98 Å². The lowest BCUT2D eigenvalue weighted by atomic mass is 10.2. The van der Waals surface area contributed by atoms with E-state index in [9.17, 15) is 17.1 Å². The van der Waals surface area contributed by atoms with E-state index in [-0.39, 0.29) is 13.2 Å². The van der Waals surface area contributed by atoms with Crippen LogP contribution in [0.3, 0.4) is 0 Å². The molecule has 0 saturated heterocycles. The molecule has 9 heteroatoms. The number of hydrogen-bond donors (Lipinski definition) is 0. The molecule has 0 atom stereocenters. The quantitative estimate of drug-likeness (QED) is 0.743. The number of imidazole rings is 1. The van der Waals surface area contributed by atoms with Crippen molar-refractivity contribution in [2.24, 2.45) is 0 Å². The average Bonchev–Trinajstić information content (AvgIpc) is 2.95. The van der Waals surface area contributed by atoms with Gasteiger partial charge in [0, 0.05) is 13.1 Å². The third-order valence-corrected chi connectivity index (χ3v) is 4.89. The van der Waals surface area contributed by atoms with Crippen LogP contribution in [0.25, 0.3) is 0 Å². The Balaban J connectivity index is 1.70. The fraction of sp³-hybridized carbons (Fsp3) is 0.412. The van der Waals surface area contributed by atoms with Crippen LogP contribution in [-0.4, -0.2) is 35.5 Å². The molecule has 0 saturated carbocycles. The summed E-state index contributed by atoms with van der Waals surface area (Å²) in [5, 5.41) is 0. The monoisotopic (exact) mass is 381 g/mol. The first-order chi connectivity index (χ1) is 12.4. The number of hydrogen-bond acceptors (Lipinski definition) is 5. The highest BCUT2D eigenvalue weighted by molar-refractivity contribution is 7.85. The first-order valence-corrected chi connectivity index (χ1v) is 9.87. The Hall–Kier alpha value is -2.42. The molecule has 0 fully saturated rings. The summed E-state index contributed by atoms with van der Waals surface area (Å²) in [6.45, 7) is 2.91. The number of benzene rings is 1. The van der Waals surface area contributed by atoms with E-state index in [4.69, 9.17) is 4.74 Å². The van der Waals surface area contributed by atoms with E-state index in [1.54, 1.807) is 4.57 Å². The van der Waals surface area contributed by atoms with E-state index >= 15 is 0 Å². The molecule has 0 unspecified atom stereocenters. The summed E-state index contributed by atoms with van der Waals surface area (Å²) in [5.74, 6) is -0.148. The molecule has 0 N–H and O–H groups in total. The summed E-state index contributed by atoms with van der Waals surface area (Å²) in [6.07, 6.45) is 0.0318. The number of carbonyl (C=O) groups is 1. The molecule has 0 bridgehead atoms. The highest BCUT2D eigenvalue weighted by Crippen LogP contribution is 2.22. The Labute approximate surface area is 151 Å². The molecule has 1 aromatic carbocycles. The van der Waals surface area contributed by atoms with Crippen molar-refractivity contribution >= 4 is 16.3 Å². The second kappa shape index (κ2) is 7.45. The van der Waals surface area contributed by atoms with Crippen LogP contribution >= 0.6 is 0 Å². The van der Waals surface area contributed by atoms with E-state index < -0.39 is 22.1 Å². The van der Waals surface area contributed by atoms with E-state index in [0.717, 1.165) is 5.56 Å².